The van der Waals surface area contributed by atoms with Gasteiger partial charge in [-0.05, 0) is 44.7 Å². The van der Waals surface area contributed by atoms with Gasteiger partial charge in [-0.3, -0.25) is 4.79 Å². The molecule has 2 atom stereocenters. The van der Waals surface area contributed by atoms with Crippen molar-refractivity contribution < 1.29 is 4.79 Å². The maximum atomic E-state index is 11.7. The van der Waals surface area contributed by atoms with Crippen LogP contribution in [0.3, 0.4) is 0 Å². The van der Waals surface area contributed by atoms with Crippen LogP contribution in [0, 0.1) is 11.3 Å². The molecule has 1 saturated heterocycles. The van der Waals surface area contributed by atoms with Crippen LogP contribution < -0.4 is 5.32 Å². The first kappa shape index (κ1) is 10.9. The van der Waals surface area contributed by atoms with Crippen LogP contribution in [0.2, 0.25) is 0 Å². The van der Waals surface area contributed by atoms with Gasteiger partial charge >= 0.3 is 0 Å². The number of likely N-dealkylation sites (tertiary alicyclic amines) is 1. The molecular weight excluding hydrogens is 188 g/mol. The van der Waals surface area contributed by atoms with Crippen LogP contribution in [0.1, 0.15) is 32.1 Å². The summed E-state index contributed by atoms with van der Waals surface area (Å²) in [4.78, 5) is 14.1. The molecule has 2 aliphatic rings. The molecule has 15 heavy (non-hydrogen) atoms. The largest absolute Gasteiger partial charge is 0.359 e. The van der Waals surface area contributed by atoms with Gasteiger partial charge in [0.2, 0.25) is 5.91 Å². The quantitative estimate of drug-likeness (QED) is 0.706. The molecular formula is C12H22N2O. The third-order valence-corrected chi connectivity index (χ3v) is 4.19. The van der Waals surface area contributed by atoms with E-state index in [1.54, 1.807) is 7.05 Å². The normalized spacial score (nSPS) is 37.1. The number of hydrogen-bond donors (Lipinski definition) is 1. The van der Waals surface area contributed by atoms with Crippen LogP contribution in [0.5, 0.6) is 0 Å². The predicted octanol–water partition coefficient (Wildman–Crippen LogP) is 1.24. The summed E-state index contributed by atoms with van der Waals surface area (Å²) in [6.45, 7) is 2.40. The molecule has 2 unspecified atom stereocenters. The number of carbonyl (C=O) groups is 1. The first-order valence-corrected chi connectivity index (χ1v) is 6.05. The van der Waals surface area contributed by atoms with Crippen molar-refractivity contribution in [3.05, 3.63) is 0 Å². The molecule has 3 heteroatoms. The predicted molar refractivity (Wildman–Crippen MR) is 60.6 cm³/mol. The van der Waals surface area contributed by atoms with Gasteiger partial charge < -0.3 is 10.2 Å². The first-order valence-electron chi connectivity index (χ1n) is 6.05. The monoisotopic (exact) mass is 210 g/mol. The van der Waals surface area contributed by atoms with Gasteiger partial charge in [0.1, 0.15) is 0 Å². The number of nitrogens with zero attached hydrogens (tertiary/aromatic N) is 1. The minimum atomic E-state index is 0.253. The summed E-state index contributed by atoms with van der Waals surface area (Å²) in [5.74, 6) is 0.527. The summed E-state index contributed by atoms with van der Waals surface area (Å²) < 4.78 is 0. The van der Waals surface area contributed by atoms with Crippen molar-refractivity contribution in [1.29, 1.82) is 0 Å². The van der Waals surface area contributed by atoms with E-state index in [0.29, 0.717) is 5.41 Å². The lowest BCUT2D eigenvalue weighted by atomic mass is 9.69. The Morgan fingerprint density at radius 2 is 2.27 bits per heavy atom. The van der Waals surface area contributed by atoms with Gasteiger partial charge in [-0.2, -0.15) is 0 Å². The highest BCUT2D eigenvalue weighted by molar-refractivity contribution is 5.78. The van der Waals surface area contributed by atoms with Crippen LogP contribution in [0.25, 0.3) is 0 Å². The lowest BCUT2D eigenvalue weighted by Gasteiger charge is -2.37. The van der Waals surface area contributed by atoms with Crippen LogP contribution >= 0.6 is 0 Å². The molecule has 0 aromatic carbocycles. The van der Waals surface area contributed by atoms with Crippen LogP contribution in [-0.2, 0) is 4.79 Å². The molecule has 86 valence electrons. The number of amides is 1. The number of rotatable bonds is 1. The van der Waals surface area contributed by atoms with Gasteiger partial charge in [-0.25, -0.2) is 0 Å². The lowest BCUT2D eigenvalue weighted by molar-refractivity contribution is -0.126. The summed E-state index contributed by atoms with van der Waals surface area (Å²) in [5, 5.41) is 2.80. The molecule has 1 aliphatic carbocycles. The van der Waals surface area contributed by atoms with Crippen LogP contribution in [0.15, 0.2) is 0 Å². The maximum absolute atomic E-state index is 11.7. The average molecular weight is 210 g/mol. The highest BCUT2D eigenvalue weighted by Gasteiger charge is 2.42. The standard InChI is InChI=1S/C12H22N2O/c1-13-11(15)10-4-3-5-12(8-10)6-7-14(2)9-12/h10H,3-9H2,1-2H3,(H,13,15). The second-order valence-electron chi connectivity index (χ2n) is 5.40. The van der Waals surface area contributed by atoms with Gasteiger partial charge in [-0.1, -0.05) is 6.42 Å². The van der Waals surface area contributed by atoms with Gasteiger partial charge in [-0.15, -0.1) is 0 Å². The van der Waals surface area contributed by atoms with Crippen molar-refractivity contribution in [2.75, 3.05) is 27.2 Å². The Kier molecular flexibility index (Phi) is 3.01. The van der Waals surface area contributed by atoms with Crippen LogP contribution in [0.4, 0.5) is 0 Å². The fourth-order valence-corrected chi connectivity index (χ4v) is 3.41. The Labute approximate surface area is 92.2 Å². The summed E-state index contributed by atoms with van der Waals surface area (Å²) >= 11 is 0. The third kappa shape index (κ3) is 2.17. The molecule has 0 aromatic rings. The van der Waals surface area contributed by atoms with E-state index in [-0.39, 0.29) is 11.8 Å². The molecule has 1 N–H and O–H groups in total. The minimum Gasteiger partial charge on any atom is -0.359 e. The summed E-state index contributed by atoms with van der Waals surface area (Å²) in [6, 6.07) is 0. The number of carbonyl (C=O) groups excluding carboxylic acids is 1. The molecule has 1 spiro atoms. The highest BCUT2D eigenvalue weighted by atomic mass is 16.1. The van der Waals surface area contributed by atoms with Gasteiger partial charge in [0.15, 0.2) is 0 Å². The average Bonchev–Trinajstić information content (AvgIpc) is 2.59. The Balaban J connectivity index is 2.01. The zero-order valence-electron chi connectivity index (χ0n) is 9.88. The molecule has 2 fully saturated rings. The number of hydrogen-bond acceptors (Lipinski definition) is 2. The van der Waals surface area contributed by atoms with E-state index in [4.69, 9.17) is 0 Å². The Hall–Kier alpha value is -0.570. The Morgan fingerprint density at radius 1 is 1.47 bits per heavy atom. The number of nitrogens with one attached hydrogen (secondary N) is 1. The van der Waals surface area contributed by atoms with Crippen molar-refractivity contribution in [1.82, 2.24) is 10.2 Å². The topological polar surface area (TPSA) is 32.3 Å². The molecule has 0 bridgehead atoms. The second-order valence-corrected chi connectivity index (χ2v) is 5.40. The van der Waals surface area contributed by atoms with Crippen molar-refractivity contribution in [2.45, 2.75) is 32.1 Å². The molecule has 1 heterocycles. The van der Waals surface area contributed by atoms with Gasteiger partial charge in [0.25, 0.3) is 0 Å². The third-order valence-electron chi connectivity index (χ3n) is 4.19. The van der Waals surface area contributed by atoms with E-state index in [1.165, 1.54) is 32.4 Å². The smallest absolute Gasteiger partial charge is 0.222 e. The Bertz CT molecular complexity index is 250. The van der Waals surface area contributed by atoms with E-state index in [1.807, 2.05) is 0 Å². The van der Waals surface area contributed by atoms with Crippen molar-refractivity contribution in [3.8, 4) is 0 Å². The molecule has 1 aliphatic heterocycles. The SMILES string of the molecule is CNC(=O)C1CCCC2(CCN(C)C2)C1. The van der Waals surface area contributed by atoms with E-state index >= 15 is 0 Å². The summed E-state index contributed by atoms with van der Waals surface area (Å²) in [5.41, 5.74) is 0.462. The van der Waals surface area contributed by atoms with E-state index in [2.05, 4.69) is 17.3 Å². The molecule has 0 radical (unpaired) electrons. The van der Waals surface area contributed by atoms with Gasteiger partial charge in [0, 0.05) is 19.5 Å². The lowest BCUT2D eigenvalue weighted by Crippen LogP contribution is -2.37. The second kappa shape index (κ2) is 4.12. The highest BCUT2D eigenvalue weighted by Crippen LogP contribution is 2.45. The first-order chi connectivity index (χ1) is 7.15. The van der Waals surface area contributed by atoms with E-state index < -0.39 is 0 Å². The van der Waals surface area contributed by atoms with E-state index in [0.717, 1.165) is 12.8 Å². The van der Waals surface area contributed by atoms with Crippen LogP contribution in [-0.4, -0.2) is 38.0 Å². The molecule has 1 amide bonds. The summed E-state index contributed by atoms with van der Waals surface area (Å²) in [7, 11) is 3.95. The fraction of sp³-hybridized carbons (Fsp3) is 0.917. The van der Waals surface area contributed by atoms with Crippen molar-refractivity contribution >= 4 is 5.91 Å². The summed E-state index contributed by atoms with van der Waals surface area (Å²) in [6.07, 6.45) is 6.04. The van der Waals surface area contributed by atoms with Gasteiger partial charge in [0.05, 0.1) is 0 Å². The van der Waals surface area contributed by atoms with E-state index in [9.17, 15) is 4.79 Å². The fourth-order valence-electron chi connectivity index (χ4n) is 3.41. The zero-order valence-corrected chi connectivity index (χ0v) is 9.88. The van der Waals surface area contributed by atoms with Crippen molar-refractivity contribution in [3.63, 3.8) is 0 Å². The minimum absolute atomic E-state index is 0.253. The maximum Gasteiger partial charge on any atom is 0.222 e. The Morgan fingerprint density at radius 3 is 2.87 bits per heavy atom. The molecule has 1 saturated carbocycles. The van der Waals surface area contributed by atoms with Crippen molar-refractivity contribution in [2.24, 2.45) is 11.3 Å². The molecule has 3 nitrogen and oxygen atoms in total. The zero-order chi connectivity index (χ0) is 10.9. The molecule has 2 rings (SSSR count). The molecule has 0 aromatic heterocycles.